The van der Waals surface area contributed by atoms with Gasteiger partial charge in [-0.05, 0) is 20.1 Å². The second-order valence-electron chi connectivity index (χ2n) is 3.49. The standard InChI is InChI=1S/C12H16N4O2S/c1-4-18-11(17)9-8(2)15-12(19-3)16-10(9)14-7-5-6-13/h5-7,13H,4H2,1-3H3,(H,14,15,16)/p+1/b7-5-,13-6?. The average molecular weight is 281 g/mol. The highest BCUT2D eigenvalue weighted by Crippen LogP contribution is 2.18. The Morgan fingerprint density at radius 2 is 2.26 bits per heavy atom. The summed E-state index contributed by atoms with van der Waals surface area (Å²) in [6.07, 6.45) is 6.23. The number of nitrogens with zero attached hydrogens (tertiary/aromatic N) is 2. The van der Waals surface area contributed by atoms with Crippen molar-refractivity contribution in [1.82, 2.24) is 9.97 Å². The number of quaternary nitrogens is 1. The van der Waals surface area contributed by atoms with Crippen molar-refractivity contribution < 1.29 is 14.8 Å². The summed E-state index contributed by atoms with van der Waals surface area (Å²) in [5.41, 5.74) is 0.960. The lowest BCUT2D eigenvalue weighted by Gasteiger charge is -2.08. The number of aryl methyl sites for hydroxylation is 1. The fourth-order valence-corrected chi connectivity index (χ4v) is 1.86. The highest BCUT2D eigenvalue weighted by molar-refractivity contribution is 7.98. The number of esters is 1. The van der Waals surface area contributed by atoms with Crippen molar-refractivity contribution in [2.24, 2.45) is 0 Å². The summed E-state index contributed by atoms with van der Waals surface area (Å²) < 4.78 is 5.01. The van der Waals surface area contributed by atoms with E-state index in [4.69, 9.17) is 10.1 Å². The topological polar surface area (TPSA) is 92.5 Å². The Kier molecular flexibility index (Phi) is 6.17. The third-order valence-electron chi connectivity index (χ3n) is 2.22. The van der Waals surface area contributed by atoms with Crippen LogP contribution in [-0.2, 0) is 4.74 Å². The Morgan fingerprint density at radius 3 is 2.84 bits per heavy atom. The first kappa shape index (κ1) is 15.3. The van der Waals surface area contributed by atoms with E-state index in [1.54, 1.807) is 31.4 Å². The van der Waals surface area contributed by atoms with Gasteiger partial charge in [0.05, 0.1) is 12.3 Å². The molecule has 0 unspecified atom stereocenters. The molecule has 0 fully saturated rings. The number of hydrogen-bond donors (Lipinski definition) is 2. The summed E-state index contributed by atoms with van der Waals surface area (Å²) >= 11 is 1.41. The van der Waals surface area contributed by atoms with Gasteiger partial charge < -0.3 is 10.1 Å². The fraction of sp³-hybridized carbons (Fsp3) is 0.333. The zero-order chi connectivity index (χ0) is 14.3. The van der Waals surface area contributed by atoms with Crippen LogP contribution in [0.2, 0.25) is 0 Å². The molecular formula is C12H17N4O2S+. The van der Waals surface area contributed by atoms with Crippen molar-refractivity contribution in [2.45, 2.75) is 19.0 Å². The Labute approximate surface area is 116 Å². The van der Waals surface area contributed by atoms with Gasteiger partial charge in [-0.25, -0.2) is 9.78 Å². The first-order valence-electron chi connectivity index (χ1n) is 5.74. The number of ether oxygens (including phenoxy) is 1. The Hall–Kier alpha value is -1.73. The van der Waals surface area contributed by atoms with E-state index in [0.717, 1.165) is 6.21 Å². The molecule has 1 aromatic rings. The third-order valence-corrected chi connectivity index (χ3v) is 2.77. The molecule has 0 atom stereocenters. The highest BCUT2D eigenvalue weighted by atomic mass is 32.2. The number of thioether (sulfide) groups is 1. The van der Waals surface area contributed by atoms with Crippen LogP contribution in [0.15, 0.2) is 17.4 Å². The van der Waals surface area contributed by atoms with Crippen molar-refractivity contribution in [2.75, 3.05) is 12.9 Å². The first-order chi connectivity index (χ1) is 9.13. The molecule has 0 saturated carbocycles. The number of carbonyl (C=O) groups is 1. The van der Waals surface area contributed by atoms with E-state index in [9.17, 15) is 4.79 Å². The maximum atomic E-state index is 11.9. The molecule has 0 radical (unpaired) electrons. The number of nitrogens with one attached hydrogen (secondary N) is 1. The molecule has 1 aromatic heterocycles. The Bertz CT molecular complexity index is 503. The molecule has 0 amide bonds. The number of hydrogen-bond acceptors (Lipinski definition) is 6. The number of aromatic nitrogens is 2. The van der Waals surface area contributed by atoms with Crippen LogP contribution in [0.1, 0.15) is 23.0 Å². The average Bonchev–Trinajstić information content (AvgIpc) is 2.38. The van der Waals surface area contributed by atoms with E-state index < -0.39 is 5.97 Å². The molecule has 0 aliphatic heterocycles. The second kappa shape index (κ2) is 7.65. The van der Waals surface area contributed by atoms with E-state index in [0.29, 0.717) is 28.8 Å². The van der Waals surface area contributed by atoms with Gasteiger partial charge in [0, 0.05) is 12.3 Å². The van der Waals surface area contributed by atoms with Crippen LogP contribution in [0.25, 0.3) is 0 Å². The molecule has 0 spiro atoms. The van der Waals surface area contributed by atoms with Crippen LogP contribution in [-0.4, -0.2) is 35.0 Å². The van der Waals surface area contributed by atoms with E-state index in [1.807, 2.05) is 6.26 Å². The third kappa shape index (κ3) is 4.15. The largest absolute Gasteiger partial charge is 0.462 e. The normalized spacial score (nSPS) is 10.7. The summed E-state index contributed by atoms with van der Waals surface area (Å²) in [4.78, 5) is 20.5. The predicted octanol–water partition coefficient (Wildman–Crippen LogP) is 1.04. The minimum atomic E-state index is -0.429. The molecule has 6 nitrogen and oxygen atoms in total. The maximum absolute atomic E-state index is 11.9. The molecule has 0 saturated heterocycles. The lowest BCUT2D eigenvalue weighted by molar-refractivity contribution is -0.501. The molecule has 3 N–H and O–H groups in total. The molecule has 102 valence electrons. The zero-order valence-corrected chi connectivity index (χ0v) is 12.0. The van der Waals surface area contributed by atoms with Crippen LogP contribution < -0.4 is 5.32 Å². The van der Waals surface area contributed by atoms with E-state index >= 15 is 0 Å². The lowest BCUT2D eigenvalue weighted by Crippen LogP contribution is -2.72. The summed E-state index contributed by atoms with van der Waals surface area (Å²) in [5, 5.41) is 9.20. The van der Waals surface area contributed by atoms with E-state index in [1.165, 1.54) is 11.8 Å². The number of carbonyl (C=O) groups excluding carboxylic acids is 1. The van der Waals surface area contributed by atoms with Crippen molar-refractivity contribution in [3.05, 3.63) is 23.5 Å². The van der Waals surface area contributed by atoms with Crippen LogP contribution in [0, 0.1) is 12.3 Å². The quantitative estimate of drug-likeness (QED) is 0.352. The van der Waals surface area contributed by atoms with Gasteiger partial charge in [0.2, 0.25) is 5.82 Å². The van der Waals surface area contributed by atoms with Crippen LogP contribution in [0.5, 0.6) is 0 Å². The smallest absolute Gasteiger partial charge is 0.347 e. The lowest BCUT2D eigenvalue weighted by atomic mass is 10.2. The van der Waals surface area contributed by atoms with Gasteiger partial charge in [-0.2, -0.15) is 4.98 Å². The molecule has 1 rings (SSSR count). The summed E-state index contributed by atoms with van der Waals surface area (Å²) in [7, 11) is 0. The van der Waals surface area contributed by atoms with E-state index in [2.05, 4.69) is 9.97 Å². The molecule has 0 bridgehead atoms. The summed E-state index contributed by atoms with van der Waals surface area (Å²) in [5.74, 6) is 0.0792. The summed E-state index contributed by atoms with van der Waals surface area (Å²) in [6, 6.07) is 0. The molecule has 0 aliphatic rings. The predicted molar refractivity (Wildman–Crippen MR) is 74.0 cm³/mol. The molecule has 0 aliphatic carbocycles. The van der Waals surface area contributed by atoms with Crippen LogP contribution >= 0.6 is 11.8 Å². The SMILES string of the molecule is CCOC(=O)c1c(C)nc(SC)nc1[NH2+]/C=C\C=N. The van der Waals surface area contributed by atoms with Crippen molar-refractivity contribution >= 4 is 29.8 Å². The van der Waals surface area contributed by atoms with Gasteiger partial charge in [-0.15, -0.1) is 0 Å². The monoisotopic (exact) mass is 281 g/mol. The molecule has 1 heterocycles. The summed E-state index contributed by atoms with van der Waals surface area (Å²) in [6.45, 7) is 3.81. The highest BCUT2D eigenvalue weighted by Gasteiger charge is 2.22. The minimum absolute atomic E-state index is 0.304. The van der Waals surface area contributed by atoms with Gasteiger partial charge in [-0.3, -0.25) is 5.32 Å². The van der Waals surface area contributed by atoms with Crippen molar-refractivity contribution in [1.29, 1.82) is 5.41 Å². The van der Waals surface area contributed by atoms with Crippen LogP contribution in [0.4, 0.5) is 5.82 Å². The molecule has 7 heteroatoms. The van der Waals surface area contributed by atoms with Gasteiger partial charge >= 0.3 is 5.97 Å². The maximum Gasteiger partial charge on any atom is 0.347 e. The van der Waals surface area contributed by atoms with Crippen molar-refractivity contribution in [3.63, 3.8) is 0 Å². The first-order valence-corrected chi connectivity index (χ1v) is 6.96. The zero-order valence-electron chi connectivity index (χ0n) is 11.1. The Morgan fingerprint density at radius 1 is 1.53 bits per heavy atom. The van der Waals surface area contributed by atoms with Gasteiger partial charge in [0.1, 0.15) is 6.20 Å². The molecule has 19 heavy (non-hydrogen) atoms. The molecular weight excluding hydrogens is 264 g/mol. The van der Waals surface area contributed by atoms with Gasteiger partial charge in [0.15, 0.2) is 10.7 Å². The van der Waals surface area contributed by atoms with Gasteiger partial charge in [0.25, 0.3) is 0 Å². The minimum Gasteiger partial charge on any atom is -0.462 e. The number of allylic oxidation sites excluding steroid dienone is 1. The second-order valence-corrected chi connectivity index (χ2v) is 4.27. The van der Waals surface area contributed by atoms with Crippen LogP contribution in [0.3, 0.4) is 0 Å². The molecule has 0 aromatic carbocycles. The van der Waals surface area contributed by atoms with Gasteiger partial charge in [-0.1, -0.05) is 11.8 Å². The number of rotatable bonds is 6. The van der Waals surface area contributed by atoms with E-state index in [-0.39, 0.29) is 0 Å². The fourth-order valence-electron chi connectivity index (χ4n) is 1.44. The van der Waals surface area contributed by atoms with Crippen molar-refractivity contribution in [3.8, 4) is 0 Å². The number of nitrogens with two attached hydrogens (primary N) is 1. The Balaban J connectivity index is 3.20.